The van der Waals surface area contributed by atoms with Crippen LogP contribution in [-0.2, 0) is 0 Å². The van der Waals surface area contributed by atoms with E-state index >= 15 is 0 Å². The molecule has 1 aromatic heterocycles. The molecule has 0 fully saturated rings. The molecular weight excluding hydrogens is 310 g/mol. The van der Waals surface area contributed by atoms with E-state index < -0.39 is 0 Å². The fraction of sp³-hybridized carbons (Fsp3) is 0.286. The van der Waals surface area contributed by atoms with E-state index in [1.54, 1.807) is 11.3 Å². The maximum absolute atomic E-state index is 6.17. The standard InChI is InChI=1S/C14H16BrNOS/c1-2-11(16)14(13-8-5-9-18-13)17-12-7-4-3-6-10(12)15/h3-9,11,14H,2,16H2,1H3. The molecule has 4 heteroatoms. The van der Waals surface area contributed by atoms with Gasteiger partial charge in [0.15, 0.2) is 0 Å². The van der Waals surface area contributed by atoms with Crippen LogP contribution < -0.4 is 10.5 Å². The summed E-state index contributed by atoms with van der Waals surface area (Å²) >= 11 is 5.18. The summed E-state index contributed by atoms with van der Waals surface area (Å²) in [6.07, 6.45) is 0.793. The normalized spacial score (nSPS) is 14.2. The molecular formula is C14H16BrNOS. The molecule has 2 nitrogen and oxygen atoms in total. The lowest BCUT2D eigenvalue weighted by Gasteiger charge is -2.23. The lowest BCUT2D eigenvalue weighted by Crippen LogP contribution is -2.30. The Kier molecular flexibility index (Phi) is 4.80. The lowest BCUT2D eigenvalue weighted by atomic mass is 10.1. The van der Waals surface area contributed by atoms with Gasteiger partial charge in [0.1, 0.15) is 11.9 Å². The Morgan fingerprint density at radius 2 is 2.06 bits per heavy atom. The molecule has 0 aliphatic rings. The van der Waals surface area contributed by atoms with Crippen molar-refractivity contribution in [1.82, 2.24) is 0 Å². The number of rotatable bonds is 5. The predicted octanol–water partition coefficient (Wildman–Crippen LogP) is 4.37. The van der Waals surface area contributed by atoms with Gasteiger partial charge in [0.05, 0.1) is 4.47 Å². The zero-order chi connectivity index (χ0) is 13.0. The molecule has 0 spiro atoms. The van der Waals surface area contributed by atoms with E-state index in [1.165, 1.54) is 4.88 Å². The van der Waals surface area contributed by atoms with Gasteiger partial charge >= 0.3 is 0 Å². The highest BCUT2D eigenvalue weighted by molar-refractivity contribution is 9.10. The van der Waals surface area contributed by atoms with Crippen LogP contribution in [0.1, 0.15) is 24.3 Å². The number of halogens is 1. The SMILES string of the molecule is CCC(N)C(Oc1ccccc1Br)c1cccs1. The Bertz CT molecular complexity index is 486. The van der Waals surface area contributed by atoms with Crippen LogP contribution >= 0.6 is 27.3 Å². The summed E-state index contributed by atoms with van der Waals surface area (Å²) < 4.78 is 7.03. The molecule has 96 valence electrons. The molecule has 1 aromatic carbocycles. The second-order valence-electron chi connectivity index (χ2n) is 4.06. The Morgan fingerprint density at radius 1 is 1.28 bits per heavy atom. The molecule has 0 radical (unpaired) electrons. The largest absolute Gasteiger partial charge is 0.482 e. The van der Waals surface area contributed by atoms with Crippen molar-refractivity contribution in [3.8, 4) is 5.75 Å². The van der Waals surface area contributed by atoms with Gasteiger partial charge in [-0.05, 0) is 45.9 Å². The number of para-hydroxylation sites is 1. The summed E-state index contributed by atoms with van der Waals surface area (Å²) in [5, 5.41) is 2.05. The third-order valence-electron chi connectivity index (χ3n) is 2.77. The molecule has 2 rings (SSSR count). The first-order valence-corrected chi connectivity index (χ1v) is 7.59. The summed E-state index contributed by atoms with van der Waals surface area (Å²) in [4.78, 5) is 1.17. The first-order chi connectivity index (χ1) is 8.72. The van der Waals surface area contributed by atoms with E-state index in [0.29, 0.717) is 0 Å². The van der Waals surface area contributed by atoms with E-state index in [1.807, 2.05) is 35.7 Å². The van der Waals surface area contributed by atoms with Crippen molar-refractivity contribution in [1.29, 1.82) is 0 Å². The van der Waals surface area contributed by atoms with Gasteiger partial charge in [0.25, 0.3) is 0 Å². The number of nitrogens with two attached hydrogens (primary N) is 1. The van der Waals surface area contributed by atoms with Crippen molar-refractivity contribution < 1.29 is 4.74 Å². The van der Waals surface area contributed by atoms with Gasteiger partial charge in [-0.15, -0.1) is 11.3 Å². The van der Waals surface area contributed by atoms with Gasteiger partial charge in [-0.1, -0.05) is 25.1 Å². The zero-order valence-corrected chi connectivity index (χ0v) is 12.6. The van der Waals surface area contributed by atoms with Crippen molar-refractivity contribution >= 4 is 27.3 Å². The minimum Gasteiger partial charge on any atom is -0.482 e. The Morgan fingerprint density at radius 3 is 2.67 bits per heavy atom. The van der Waals surface area contributed by atoms with E-state index in [4.69, 9.17) is 10.5 Å². The van der Waals surface area contributed by atoms with Crippen LogP contribution in [0, 0.1) is 0 Å². The van der Waals surface area contributed by atoms with Crippen molar-refractivity contribution in [2.75, 3.05) is 0 Å². The molecule has 2 unspecified atom stereocenters. The Labute approximate surface area is 120 Å². The van der Waals surface area contributed by atoms with E-state index in [9.17, 15) is 0 Å². The molecule has 2 aromatic rings. The highest BCUT2D eigenvalue weighted by atomic mass is 79.9. The first-order valence-electron chi connectivity index (χ1n) is 5.92. The van der Waals surface area contributed by atoms with Crippen molar-refractivity contribution in [3.05, 3.63) is 51.1 Å². The number of hydrogen-bond donors (Lipinski definition) is 1. The molecule has 2 atom stereocenters. The molecule has 1 heterocycles. The molecule has 0 saturated heterocycles. The topological polar surface area (TPSA) is 35.2 Å². The fourth-order valence-electron chi connectivity index (χ4n) is 1.70. The molecule has 0 aliphatic carbocycles. The van der Waals surface area contributed by atoms with Crippen molar-refractivity contribution in [3.63, 3.8) is 0 Å². The van der Waals surface area contributed by atoms with Gasteiger partial charge < -0.3 is 10.5 Å². The summed E-state index contributed by atoms with van der Waals surface area (Å²) in [6, 6.07) is 11.9. The zero-order valence-electron chi connectivity index (χ0n) is 10.2. The maximum atomic E-state index is 6.17. The highest BCUT2D eigenvalue weighted by Gasteiger charge is 2.22. The molecule has 2 N–H and O–H groups in total. The van der Waals surface area contributed by atoms with E-state index in [0.717, 1.165) is 16.6 Å². The van der Waals surface area contributed by atoms with Crippen molar-refractivity contribution in [2.24, 2.45) is 5.73 Å². The summed E-state index contributed by atoms with van der Waals surface area (Å²) in [5.74, 6) is 0.833. The molecule has 0 bridgehead atoms. The fourth-order valence-corrected chi connectivity index (χ4v) is 2.91. The third-order valence-corrected chi connectivity index (χ3v) is 4.36. The number of benzene rings is 1. The second-order valence-corrected chi connectivity index (χ2v) is 5.89. The minimum atomic E-state index is -0.0892. The summed E-state index contributed by atoms with van der Waals surface area (Å²) in [7, 11) is 0. The lowest BCUT2D eigenvalue weighted by molar-refractivity contribution is 0.173. The second kappa shape index (κ2) is 6.36. The van der Waals surface area contributed by atoms with Gasteiger partial charge in [-0.25, -0.2) is 0 Å². The van der Waals surface area contributed by atoms with Gasteiger partial charge in [0, 0.05) is 10.9 Å². The molecule has 0 aliphatic heterocycles. The summed E-state index contributed by atoms with van der Waals surface area (Å²) in [6.45, 7) is 2.08. The molecule has 18 heavy (non-hydrogen) atoms. The van der Waals surface area contributed by atoms with E-state index in [2.05, 4.69) is 28.9 Å². The summed E-state index contributed by atoms with van der Waals surface area (Å²) in [5.41, 5.74) is 6.17. The van der Waals surface area contributed by atoms with Crippen molar-refractivity contribution in [2.45, 2.75) is 25.5 Å². The van der Waals surface area contributed by atoms with Crippen LogP contribution in [0.2, 0.25) is 0 Å². The predicted molar refractivity (Wildman–Crippen MR) is 80.1 cm³/mol. The Hall–Kier alpha value is -0.840. The maximum Gasteiger partial charge on any atom is 0.148 e. The van der Waals surface area contributed by atoms with E-state index in [-0.39, 0.29) is 12.1 Å². The number of hydrogen-bond acceptors (Lipinski definition) is 3. The average molecular weight is 326 g/mol. The number of thiophene rings is 1. The first kappa shape index (κ1) is 13.6. The van der Waals surface area contributed by atoms with Crippen LogP contribution in [0.4, 0.5) is 0 Å². The van der Waals surface area contributed by atoms with Crippen LogP contribution in [0.15, 0.2) is 46.3 Å². The van der Waals surface area contributed by atoms with Crippen LogP contribution in [0.5, 0.6) is 5.75 Å². The van der Waals surface area contributed by atoms with Gasteiger partial charge in [0.2, 0.25) is 0 Å². The van der Waals surface area contributed by atoms with Gasteiger partial charge in [-0.3, -0.25) is 0 Å². The Balaban J connectivity index is 2.24. The third kappa shape index (κ3) is 3.13. The quantitative estimate of drug-likeness (QED) is 0.885. The monoisotopic (exact) mass is 325 g/mol. The number of ether oxygens (including phenoxy) is 1. The highest BCUT2D eigenvalue weighted by Crippen LogP contribution is 2.32. The average Bonchev–Trinajstić information content (AvgIpc) is 2.90. The van der Waals surface area contributed by atoms with Crippen LogP contribution in [-0.4, -0.2) is 6.04 Å². The van der Waals surface area contributed by atoms with Crippen LogP contribution in [0.3, 0.4) is 0 Å². The molecule has 0 saturated carbocycles. The molecule has 0 amide bonds. The smallest absolute Gasteiger partial charge is 0.148 e. The van der Waals surface area contributed by atoms with Crippen LogP contribution in [0.25, 0.3) is 0 Å². The van der Waals surface area contributed by atoms with Gasteiger partial charge in [-0.2, -0.15) is 0 Å². The minimum absolute atomic E-state index is 0.00393.